The van der Waals surface area contributed by atoms with Gasteiger partial charge in [0.2, 0.25) is 0 Å². The van der Waals surface area contributed by atoms with Gasteiger partial charge in [0.25, 0.3) is 0 Å². The molecule has 2 heterocycles. The normalized spacial score (nSPS) is 12.3. The molecule has 0 fully saturated rings. The van der Waals surface area contributed by atoms with Crippen molar-refractivity contribution in [2.75, 3.05) is 0 Å². The fourth-order valence-corrected chi connectivity index (χ4v) is 2.77. The number of hydrogen-bond donors (Lipinski definition) is 0. The average molecular weight is 223 g/mol. The van der Waals surface area contributed by atoms with E-state index < -0.39 is 0 Å². The van der Waals surface area contributed by atoms with E-state index in [0.717, 1.165) is 21.6 Å². The SMILES string of the molecule is Cc1sc2c(C(C)(C)C)noc2c1C=O. The molecule has 0 aliphatic rings. The van der Waals surface area contributed by atoms with Crippen LogP contribution in [0.4, 0.5) is 0 Å². The second-order valence-corrected chi connectivity index (χ2v) is 5.85. The molecule has 80 valence electrons. The molecular weight excluding hydrogens is 210 g/mol. The number of nitrogens with zero attached hydrogens (tertiary/aromatic N) is 1. The van der Waals surface area contributed by atoms with Gasteiger partial charge in [0.15, 0.2) is 11.9 Å². The van der Waals surface area contributed by atoms with Gasteiger partial charge in [-0.15, -0.1) is 11.3 Å². The third-order valence-corrected chi connectivity index (χ3v) is 3.47. The molecule has 2 rings (SSSR count). The third-order valence-electron chi connectivity index (χ3n) is 2.36. The Morgan fingerprint density at radius 2 is 2.07 bits per heavy atom. The molecule has 0 saturated heterocycles. The van der Waals surface area contributed by atoms with Gasteiger partial charge < -0.3 is 4.52 Å². The van der Waals surface area contributed by atoms with Crippen molar-refractivity contribution < 1.29 is 9.32 Å². The number of aromatic nitrogens is 1. The first-order valence-corrected chi connectivity index (χ1v) is 5.61. The highest BCUT2D eigenvalue weighted by molar-refractivity contribution is 7.19. The summed E-state index contributed by atoms with van der Waals surface area (Å²) in [6, 6.07) is 0. The number of thiophene rings is 1. The molecular formula is C11H13NO2S. The van der Waals surface area contributed by atoms with Crippen LogP contribution in [-0.4, -0.2) is 11.4 Å². The summed E-state index contributed by atoms with van der Waals surface area (Å²) in [5.41, 5.74) is 2.15. The summed E-state index contributed by atoms with van der Waals surface area (Å²) < 4.78 is 6.25. The maximum atomic E-state index is 10.9. The van der Waals surface area contributed by atoms with Gasteiger partial charge in [0.05, 0.1) is 10.3 Å². The van der Waals surface area contributed by atoms with E-state index >= 15 is 0 Å². The second kappa shape index (κ2) is 3.17. The lowest BCUT2D eigenvalue weighted by Gasteiger charge is -2.13. The van der Waals surface area contributed by atoms with Crippen LogP contribution in [0.5, 0.6) is 0 Å². The second-order valence-electron chi connectivity index (χ2n) is 4.63. The highest BCUT2D eigenvalue weighted by Gasteiger charge is 2.25. The van der Waals surface area contributed by atoms with Crippen molar-refractivity contribution in [3.05, 3.63) is 16.1 Å². The number of fused-ring (bicyclic) bond motifs is 1. The lowest BCUT2D eigenvalue weighted by atomic mass is 9.92. The van der Waals surface area contributed by atoms with Crippen LogP contribution in [0, 0.1) is 6.92 Å². The zero-order valence-corrected chi connectivity index (χ0v) is 10.1. The maximum Gasteiger partial charge on any atom is 0.188 e. The summed E-state index contributed by atoms with van der Waals surface area (Å²) >= 11 is 1.58. The van der Waals surface area contributed by atoms with Crippen molar-refractivity contribution in [2.45, 2.75) is 33.1 Å². The Labute approximate surface area is 92.1 Å². The number of rotatable bonds is 1. The smallest absolute Gasteiger partial charge is 0.188 e. The summed E-state index contributed by atoms with van der Waals surface area (Å²) in [5, 5.41) is 4.05. The molecule has 0 unspecified atom stereocenters. The number of carbonyl (C=O) groups is 1. The van der Waals surface area contributed by atoms with Gasteiger partial charge in [-0.3, -0.25) is 4.79 Å². The van der Waals surface area contributed by atoms with E-state index in [0.29, 0.717) is 11.1 Å². The van der Waals surface area contributed by atoms with Gasteiger partial charge in [-0.25, -0.2) is 0 Å². The number of hydrogen-bond acceptors (Lipinski definition) is 4. The molecule has 0 atom stereocenters. The van der Waals surface area contributed by atoms with Gasteiger partial charge in [-0.2, -0.15) is 0 Å². The van der Waals surface area contributed by atoms with E-state index in [1.165, 1.54) is 0 Å². The predicted octanol–water partition coefficient (Wildman–Crippen LogP) is 3.31. The zero-order valence-electron chi connectivity index (χ0n) is 9.25. The Morgan fingerprint density at radius 3 is 2.60 bits per heavy atom. The van der Waals surface area contributed by atoms with Crippen LogP contribution in [0.1, 0.15) is 41.7 Å². The first-order chi connectivity index (χ1) is 6.95. The Hall–Kier alpha value is -1.16. The van der Waals surface area contributed by atoms with Crippen molar-refractivity contribution in [2.24, 2.45) is 0 Å². The fraction of sp³-hybridized carbons (Fsp3) is 0.455. The molecule has 2 aromatic rings. The lowest BCUT2D eigenvalue weighted by molar-refractivity contribution is 0.112. The quantitative estimate of drug-likeness (QED) is 0.696. The van der Waals surface area contributed by atoms with Crippen molar-refractivity contribution in [1.82, 2.24) is 5.16 Å². The molecule has 0 amide bonds. The van der Waals surface area contributed by atoms with Crippen LogP contribution in [0.2, 0.25) is 0 Å². The van der Waals surface area contributed by atoms with Crippen molar-refractivity contribution >= 4 is 27.9 Å². The molecule has 0 spiro atoms. The molecule has 3 nitrogen and oxygen atoms in total. The van der Waals surface area contributed by atoms with Crippen molar-refractivity contribution in [3.63, 3.8) is 0 Å². The van der Waals surface area contributed by atoms with Crippen LogP contribution in [-0.2, 0) is 5.41 Å². The van der Waals surface area contributed by atoms with Crippen LogP contribution in [0.25, 0.3) is 10.3 Å². The topological polar surface area (TPSA) is 43.1 Å². The first kappa shape index (κ1) is 10.4. The highest BCUT2D eigenvalue weighted by atomic mass is 32.1. The largest absolute Gasteiger partial charge is 0.354 e. The molecule has 0 radical (unpaired) electrons. The predicted molar refractivity (Wildman–Crippen MR) is 60.7 cm³/mol. The minimum atomic E-state index is -0.0529. The van der Waals surface area contributed by atoms with E-state index in [4.69, 9.17) is 4.52 Å². The summed E-state index contributed by atoms with van der Waals surface area (Å²) in [5.74, 6) is 0. The van der Waals surface area contributed by atoms with E-state index in [2.05, 4.69) is 25.9 Å². The molecule has 4 heteroatoms. The number of carbonyl (C=O) groups excluding carboxylic acids is 1. The van der Waals surface area contributed by atoms with Crippen molar-refractivity contribution in [1.29, 1.82) is 0 Å². The monoisotopic (exact) mass is 223 g/mol. The minimum absolute atomic E-state index is 0.0529. The number of aryl methyl sites for hydroxylation is 1. The molecule has 0 saturated carbocycles. The number of aldehydes is 1. The fourth-order valence-electron chi connectivity index (χ4n) is 1.53. The standard InChI is InChI=1S/C11H13NO2S/c1-6-7(5-13)8-9(15-6)10(12-14-8)11(2,3)4/h5H,1-4H3. The van der Waals surface area contributed by atoms with E-state index in [1.807, 2.05) is 6.92 Å². The van der Waals surface area contributed by atoms with Gasteiger partial charge >= 0.3 is 0 Å². The van der Waals surface area contributed by atoms with E-state index in [-0.39, 0.29) is 5.41 Å². The Balaban J connectivity index is 2.77. The average Bonchev–Trinajstić information content (AvgIpc) is 2.59. The van der Waals surface area contributed by atoms with Crippen LogP contribution in [0.3, 0.4) is 0 Å². The minimum Gasteiger partial charge on any atom is -0.354 e. The van der Waals surface area contributed by atoms with Crippen LogP contribution in [0.15, 0.2) is 4.52 Å². The summed E-state index contributed by atoms with van der Waals surface area (Å²) in [6.07, 6.45) is 0.839. The van der Waals surface area contributed by atoms with Crippen LogP contribution < -0.4 is 0 Å². The molecule has 2 aromatic heterocycles. The highest BCUT2D eigenvalue weighted by Crippen LogP contribution is 2.37. The van der Waals surface area contributed by atoms with Gasteiger partial charge in [0, 0.05) is 10.3 Å². The molecule has 0 aliphatic heterocycles. The van der Waals surface area contributed by atoms with Crippen LogP contribution >= 0.6 is 11.3 Å². The lowest BCUT2D eigenvalue weighted by Crippen LogP contribution is -2.11. The summed E-state index contributed by atoms with van der Waals surface area (Å²) in [4.78, 5) is 11.9. The molecule has 0 aliphatic carbocycles. The van der Waals surface area contributed by atoms with Gasteiger partial charge in [0.1, 0.15) is 5.69 Å². The Bertz CT molecular complexity index is 516. The third kappa shape index (κ3) is 1.49. The maximum absolute atomic E-state index is 10.9. The molecule has 0 aromatic carbocycles. The zero-order chi connectivity index (χ0) is 11.2. The molecule has 0 bridgehead atoms. The van der Waals surface area contributed by atoms with Gasteiger partial charge in [-0.05, 0) is 6.92 Å². The molecule has 15 heavy (non-hydrogen) atoms. The Kier molecular flexibility index (Phi) is 2.19. The van der Waals surface area contributed by atoms with Crippen molar-refractivity contribution in [3.8, 4) is 0 Å². The van der Waals surface area contributed by atoms with E-state index in [1.54, 1.807) is 11.3 Å². The van der Waals surface area contributed by atoms with Gasteiger partial charge in [-0.1, -0.05) is 25.9 Å². The molecule has 0 N–H and O–H groups in total. The van der Waals surface area contributed by atoms with E-state index in [9.17, 15) is 4.79 Å². The summed E-state index contributed by atoms with van der Waals surface area (Å²) in [7, 11) is 0. The first-order valence-electron chi connectivity index (χ1n) is 4.79. The summed E-state index contributed by atoms with van der Waals surface area (Å²) in [6.45, 7) is 8.18. The Morgan fingerprint density at radius 1 is 1.40 bits per heavy atom.